The van der Waals surface area contributed by atoms with Gasteiger partial charge >= 0.3 is 0 Å². The van der Waals surface area contributed by atoms with E-state index in [1.807, 2.05) is 0 Å². The second-order valence-corrected chi connectivity index (χ2v) is 10.1. The van der Waals surface area contributed by atoms with Gasteiger partial charge in [-0.05, 0) is 67.0 Å². The summed E-state index contributed by atoms with van der Waals surface area (Å²) in [6.45, 7) is 4.41. The van der Waals surface area contributed by atoms with Crippen molar-refractivity contribution in [3.63, 3.8) is 0 Å². The van der Waals surface area contributed by atoms with Gasteiger partial charge < -0.3 is 0 Å². The van der Waals surface area contributed by atoms with Crippen molar-refractivity contribution < 1.29 is 4.39 Å². The molecule has 0 saturated carbocycles. The van der Waals surface area contributed by atoms with Gasteiger partial charge in [-0.3, -0.25) is 0 Å². The zero-order valence-electron chi connectivity index (χ0n) is 16.7. The van der Waals surface area contributed by atoms with Crippen molar-refractivity contribution in [1.82, 2.24) is 4.98 Å². The maximum atomic E-state index is 14.2. The molecule has 1 atom stereocenters. The second kappa shape index (κ2) is 7.64. The van der Waals surface area contributed by atoms with Crippen LogP contribution in [-0.2, 0) is 12.8 Å². The third kappa shape index (κ3) is 3.43. The minimum absolute atomic E-state index is 0.0179. The lowest BCUT2D eigenvalue weighted by Gasteiger charge is -2.18. The number of hydrogen-bond acceptors (Lipinski definition) is 2. The molecular weight excluding hydrogens is 436 g/mol. The molecule has 0 spiro atoms. The van der Waals surface area contributed by atoms with Crippen LogP contribution in [0.5, 0.6) is 0 Å². The first-order valence-corrected chi connectivity index (χ1v) is 11.6. The van der Waals surface area contributed by atoms with Crippen LogP contribution in [0.2, 0.25) is 10.0 Å². The summed E-state index contributed by atoms with van der Waals surface area (Å²) >= 11 is 14.1. The van der Waals surface area contributed by atoms with Crippen molar-refractivity contribution in [1.29, 1.82) is 0 Å². The van der Waals surface area contributed by atoms with Crippen molar-refractivity contribution in [3.8, 4) is 22.4 Å². The number of benzene rings is 2. The van der Waals surface area contributed by atoms with Gasteiger partial charge in [0.15, 0.2) is 0 Å². The molecule has 0 N–H and O–H groups in total. The van der Waals surface area contributed by atoms with Crippen LogP contribution < -0.4 is 0 Å². The van der Waals surface area contributed by atoms with Gasteiger partial charge in [0.2, 0.25) is 0 Å². The predicted octanol–water partition coefficient (Wildman–Crippen LogP) is 8.51. The third-order valence-corrected chi connectivity index (χ3v) is 7.63. The number of thiophene rings is 1. The SMILES string of the molecule is Cc1cccc(-c2cc(-c3cc(F)c(Cl)cc3Cl)nc3sc4c(c23)CCC(C)C4)c1. The van der Waals surface area contributed by atoms with Crippen molar-refractivity contribution in [3.05, 3.63) is 74.3 Å². The molecule has 2 heterocycles. The smallest absolute Gasteiger partial charge is 0.142 e. The van der Waals surface area contributed by atoms with Gasteiger partial charge in [0, 0.05) is 15.8 Å². The van der Waals surface area contributed by atoms with Crippen molar-refractivity contribution >= 4 is 44.8 Å². The maximum Gasteiger partial charge on any atom is 0.142 e. The largest absolute Gasteiger partial charge is 0.237 e. The quantitative estimate of drug-likeness (QED) is 0.276. The number of hydrogen-bond donors (Lipinski definition) is 0. The Morgan fingerprint density at radius 2 is 1.90 bits per heavy atom. The van der Waals surface area contributed by atoms with Gasteiger partial charge in [0.05, 0.1) is 15.7 Å². The fourth-order valence-electron chi connectivity index (χ4n) is 4.34. The Kier molecular flexibility index (Phi) is 5.09. The molecule has 2 aromatic carbocycles. The summed E-state index contributed by atoms with van der Waals surface area (Å²) in [5.74, 6) is 0.196. The van der Waals surface area contributed by atoms with E-state index >= 15 is 0 Å². The summed E-state index contributed by atoms with van der Waals surface area (Å²) in [6.07, 6.45) is 3.37. The van der Waals surface area contributed by atoms with E-state index in [9.17, 15) is 4.39 Å². The molecule has 0 amide bonds. The fraction of sp³-hybridized carbons (Fsp3) is 0.240. The lowest BCUT2D eigenvalue weighted by Crippen LogP contribution is -2.08. The van der Waals surface area contributed by atoms with Crippen LogP contribution in [0.15, 0.2) is 42.5 Å². The molecule has 1 nitrogen and oxygen atoms in total. The molecule has 1 unspecified atom stereocenters. The molecule has 0 fully saturated rings. The van der Waals surface area contributed by atoms with E-state index in [4.69, 9.17) is 28.2 Å². The summed E-state index contributed by atoms with van der Waals surface area (Å²) in [5.41, 5.74) is 6.15. The highest BCUT2D eigenvalue weighted by Gasteiger charge is 2.24. The van der Waals surface area contributed by atoms with Crippen molar-refractivity contribution in [2.45, 2.75) is 33.1 Å². The summed E-state index contributed by atoms with van der Waals surface area (Å²) in [4.78, 5) is 7.36. The highest BCUT2D eigenvalue weighted by Crippen LogP contribution is 2.44. The average Bonchev–Trinajstić information content (AvgIpc) is 3.07. The molecule has 1 aliphatic rings. The first-order valence-electron chi connectivity index (χ1n) is 10.1. The Hall–Kier alpha value is -1.94. The number of pyridine rings is 1. The van der Waals surface area contributed by atoms with E-state index < -0.39 is 5.82 Å². The standard InChI is InChI=1S/C25H20Cl2FNS/c1-13-4-3-5-15(8-13)17-11-22(18-10-21(28)20(27)12-19(18)26)29-25-24(17)16-7-6-14(2)9-23(16)30-25/h3-5,8,10-12,14H,6-7,9H2,1-2H3. The van der Waals surface area contributed by atoms with Crippen molar-refractivity contribution in [2.24, 2.45) is 5.92 Å². The van der Waals surface area contributed by atoms with Crippen LogP contribution >= 0.6 is 34.5 Å². The molecule has 152 valence electrons. The minimum atomic E-state index is -0.491. The number of aryl methyl sites for hydroxylation is 2. The van der Waals surface area contributed by atoms with Crippen LogP contribution in [-0.4, -0.2) is 4.98 Å². The highest BCUT2D eigenvalue weighted by atomic mass is 35.5. The van der Waals surface area contributed by atoms with Gasteiger partial charge in [0.1, 0.15) is 10.6 Å². The number of fused-ring (bicyclic) bond motifs is 3. The molecule has 0 saturated heterocycles. The molecule has 1 aliphatic carbocycles. The fourth-order valence-corrected chi connectivity index (χ4v) is 6.23. The molecule has 0 aliphatic heterocycles. The summed E-state index contributed by atoms with van der Waals surface area (Å²) in [5, 5.41) is 1.66. The van der Waals surface area contributed by atoms with E-state index in [-0.39, 0.29) is 5.02 Å². The summed E-state index contributed by atoms with van der Waals surface area (Å²) in [6, 6.07) is 13.4. The molecule has 5 heteroatoms. The normalized spacial score (nSPS) is 16.1. The first-order chi connectivity index (χ1) is 14.4. The molecule has 2 aromatic heterocycles. The average molecular weight is 456 g/mol. The van der Waals surface area contributed by atoms with E-state index in [0.29, 0.717) is 22.2 Å². The molecule has 0 bridgehead atoms. The van der Waals surface area contributed by atoms with Gasteiger partial charge in [-0.1, -0.05) is 60.0 Å². The Bertz CT molecular complexity index is 1290. The molecule has 0 radical (unpaired) electrons. The maximum absolute atomic E-state index is 14.2. The van der Waals surface area contributed by atoms with Crippen LogP contribution in [0, 0.1) is 18.7 Å². The summed E-state index contributed by atoms with van der Waals surface area (Å²) in [7, 11) is 0. The Morgan fingerprint density at radius 1 is 1.07 bits per heavy atom. The minimum Gasteiger partial charge on any atom is -0.237 e. The van der Waals surface area contributed by atoms with E-state index in [0.717, 1.165) is 28.8 Å². The van der Waals surface area contributed by atoms with Crippen LogP contribution in [0.25, 0.3) is 32.6 Å². The molecule has 4 aromatic rings. The number of halogens is 3. The Morgan fingerprint density at radius 3 is 2.70 bits per heavy atom. The van der Waals surface area contributed by atoms with Gasteiger partial charge in [-0.25, -0.2) is 9.37 Å². The van der Waals surface area contributed by atoms with Gasteiger partial charge in [-0.15, -0.1) is 11.3 Å². The number of nitrogens with zero attached hydrogens (tertiary/aromatic N) is 1. The van der Waals surface area contributed by atoms with Crippen LogP contribution in [0.4, 0.5) is 4.39 Å². The number of aromatic nitrogens is 1. The zero-order chi connectivity index (χ0) is 21.0. The van der Waals surface area contributed by atoms with E-state index in [1.165, 1.54) is 39.9 Å². The highest BCUT2D eigenvalue weighted by molar-refractivity contribution is 7.19. The van der Waals surface area contributed by atoms with Crippen LogP contribution in [0.1, 0.15) is 29.3 Å². The second-order valence-electron chi connectivity index (χ2n) is 8.20. The zero-order valence-corrected chi connectivity index (χ0v) is 19.1. The number of rotatable bonds is 2. The Balaban J connectivity index is 1.82. The lowest BCUT2D eigenvalue weighted by atomic mass is 9.87. The third-order valence-electron chi connectivity index (χ3n) is 5.88. The molecule has 5 rings (SSSR count). The van der Waals surface area contributed by atoms with Crippen LogP contribution in [0.3, 0.4) is 0 Å². The molecular formula is C25H20Cl2FNS. The van der Waals surface area contributed by atoms with Crippen molar-refractivity contribution in [2.75, 3.05) is 0 Å². The van der Waals surface area contributed by atoms with E-state index in [2.05, 4.69) is 44.2 Å². The predicted molar refractivity (Wildman–Crippen MR) is 126 cm³/mol. The lowest BCUT2D eigenvalue weighted by molar-refractivity contribution is 0.509. The summed E-state index contributed by atoms with van der Waals surface area (Å²) < 4.78 is 14.2. The topological polar surface area (TPSA) is 12.9 Å². The first kappa shape index (κ1) is 20.0. The van der Waals surface area contributed by atoms with E-state index in [1.54, 1.807) is 11.3 Å². The molecule has 30 heavy (non-hydrogen) atoms. The Labute approximate surface area is 189 Å². The van der Waals surface area contributed by atoms with Gasteiger partial charge in [-0.2, -0.15) is 0 Å². The van der Waals surface area contributed by atoms with Gasteiger partial charge in [0.25, 0.3) is 0 Å². The monoisotopic (exact) mass is 455 g/mol.